The smallest absolute Gasteiger partial charge is 0.113 e. The van der Waals surface area contributed by atoms with Crippen molar-refractivity contribution in [3.8, 4) is 0 Å². The van der Waals surface area contributed by atoms with Crippen LogP contribution in [-0.2, 0) is 5.41 Å². The topological polar surface area (TPSA) is 28.7 Å². The Balaban J connectivity index is 1.63. The second-order valence-electron chi connectivity index (χ2n) is 7.80. The molecule has 0 spiro atoms. The first-order valence-corrected chi connectivity index (χ1v) is 8.17. The van der Waals surface area contributed by atoms with Gasteiger partial charge in [0.25, 0.3) is 0 Å². The number of aromatic amines is 1. The molecule has 4 fully saturated rings. The van der Waals surface area contributed by atoms with Crippen molar-refractivity contribution in [3.63, 3.8) is 0 Å². The summed E-state index contributed by atoms with van der Waals surface area (Å²) in [6.45, 7) is 2.16. The van der Waals surface area contributed by atoms with Crippen molar-refractivity contribution >= 4 is 11.0 Å². The van der Waals surface area contributed by atoms with Gasteiger partial charge in [0.15, 0.2) is 0 Å². The van der Waals surface area contributed by atoms with Gasteiger partial charge in [-0.3, -0.25) is 0 Å². The second-order valence-corrected chi connectivity index (χ2v) is 7.80. The molecule has 20 heavy (non-hydrogen) atoms. The first kappa shape index (κ1) is 11.4. The van der Waals surface area contributed by atoms with Gasteiger partial charge in [0.05, 0.1) is 11.0 Å². The molecule has 4 aliphatic carbocycles. The van der Waals surface area contributed by atoms with E-state index in [4.69, 9.17) is 4.98 Å². The molecule has 0 radical (unpaired) electrons. The van der Waals surface area contributed by atoms with Crippen molar-refractivity contribution in [1.29, 1.82) is 0 Å². The lowest BCUT2D eigenvalue weighted by Gasteiger charge is -2.55. The molecule has 4 saturated carbocycles. The van der Waals surface area contributed by atoms with Crippen LogP contribution in [0.2, 0.25) is 0 Å². The number of aryl methyl sites for hydroxylation is 1. The number of imidazole rings is 1. The quantitative estimate of drug-likeness (QED) is 0.817. The maximum atomic E-state index is 4.99. The molecule has 0 atom stereocenters. The summed E-state index contributed by atoms with van der Waals surface area (Å²) in [5, 5.41) is 0. The van der Waals surface area contributed by atoms with Gasteiger partial charge in [-0.05, 0) is 80.9 Å². The molecule has 1 N–H and O–H groups in total. The number of aromatic nitrogens is 2. The minimum atomic E-state index is 0.391. The number of benzene rings is 1. The summed E-state index contributed by atoms with van der Waals surface area (Å²) in [5.74, 6) is 4.25. The third kappa shape index (κ3) is 1.48. The van der Waals surface area contributed by atoms with Gasteiger partial charge in [0, 0.05) is 5.41 Å². The van der Waals surface area contributed by atoms with E-state index in [1.807, 2.05) is 0 Å². The highest BCUT2D eigenvalue weighted by atomic mass is 14.9. The number of H-pyrrole nitrogens is 1. The number of rotatable bonds is 1. The average molecular weight is 266 g/mol. The summed E-state index contributed by atoms with van der Waals surface area (Å²) >= 11 is 0. The number of hydrogen-bond acceptors (Lipinski definition) is 1. The molecule has 0 amide bonds. The highest BCUT2D eigenvalue weighted by molar-refractivity contribution is 5.76. The standard InChI is InChI=1S/C18H22N2/c1-11-2-3-15-16(4-11)20-17(19-15)18-8-12-5-13(9-18)7-14(6-12)10-18/h2-4,12-14H,5-10H2,1H3,(H,19,20). The lowest BCUT2D eigenvalue weighted by atomic mass is 9.49. The summed E-state index contributed by atoms with van der Waals surface area (Å²) in [6.07, 6.45) is 8.66. The maximum absolute atomic E-state index is 4.99. The van der Waals surface area contributed by atoms with Crippen molar-refractivity contribution in [2.45, 2.75) is 50.9 Å². The fraction of sp³-hybridized carbons (Fsp3) is 0.611. The van der Waals surface area contributed by atoms with Gasteiger partial charge in [-0.25, -0.2) is 4.98 Å². The zero-order valence-corrected chi connectivity index (χ0v) is 12.2. The minimum Gasteiger partial charge on any atom is -0.341 e. The van der Waals surface area contributed by atoms with E-state index in [9.17, 15) is 0 Å². The fourth-order valence-electron chi connectivity index (χ4n) is 5.78. The van der Waals surface area contributed by atoms with E-state index in [1.165, 1.54) is 55.4 Å². The molecule has 6 rings (SSSR count). The zero-order valence-electron chi connectivity index (χ0n) is 12.2. The highest BCUT2D eigenvalue weighted by Crippen LogP contribution is 2.60. The molecule has 1 aromatic heterocycles. The van der Waals surface area contributed by atoms with Crippen LogP contribution in [0, 0.1) is 24.7 Å². The molecule has 1 aromatic carbocycles. The molecule has 104 valence electrons. The Hall–Kier alpha value is -1.31. The molecular formula is C18H22N2. The van der Waals surface area contributed by atoms with Gasteiger partial charge in [0.1, 0.15) is 5.82 Å². The minimum absolute atomic E-state index is 0.391. The van der Waals surface area contributed by atoms with Crippen LogP contribution in [0.1, 0.15) is 49.9 Å². The summed E-state index contributed by atoms with van der Waals surface area (Å²) in [7, 11) is 0. The third-order valence-corrected chi connectivity index (χ3v) is 6.18. The fourth-order valence-corrected chi connectivity index (χ4v) is 5.78. The Morgan fingerprint density at radius 3 is 2.35 bits per heavy atom. The monoisotopic (exact) mass is 266 g/mol. The lowest BCUT2D eigenvalue weighted by molar-refractivity contribution is -0.00886. The van der Waals surface area contributed by atoms with E-state index in [-0.39, 0.29) is 0 Å². The number of hydrogen-bond donors (Lipinski definition) is 1. The molecule has 4 aliphatic rings. The summed E-state index contributed by atoms with van der Waals surface area (Å²) in [4.78, 5) is 8.67. The van der Waals surface area contributed by atoms with Crippen LogP contribution in [0.5, 0.6) is 0 Å². The third-order valence-electron chi connectivity index (χ3n) is 6.18. The number of fused-ring (bicyclic) bond motifs is 1. The Morgan fingerprint density at radius 2 is 1.70 bits per heavy atom. The van der Waals surface area contributed by atoms with E-state index in [0.29, 0.717) is 5.41 Å². The van der Waals surface area contributed by atoms with Crippen LogP contribution >= 0.6 is 0 Å². The average Bonchev–Trinajstić information content (AvgIpc) is 2.80. The molecule has 0 aliphatic heterocycles. The van der Waals surface area contributed by atoms with E-state index >= 15 is 0 Å². The first-order chi connectivity index (χ1) is 9.70. The van der Waals surface area contributed by atoms with E-state index in [0.717, 1.165) is 23.3 Å². The highest BCUT2D eigenvalue weighted by Gasteiger charge is 2.53. The number of nitrogens with one attached hydrogen (secondary N) is 1. The van der Waals surface area contributed by atoms with Crippen molar-refractivity contribution in [3.05, 3.63) is 29.6 Å². The van der Waals surface area contributed by atoms with Crippen molar-refractivity contribution < 1.29 is 0 Å². The maximum Gasteiger partial charge on any atom is 0.113 e. The van der Waals surface area contributed by atoms with Gasteiger partial charge < -0.3 is 4.98 Å². The predicted octanol–water partition coefficient (Wildman–Crippen LogP) is 4.34. The molecule has 2 aromatic rings. The largest absolute Gasteiger partial charge is 0.341 e. The summed E-state index contributed by atoms with van der Waals surface area (Å²) < 4.78 is 0. The second kappa shape index (κ2) is 3.66. The Labute approximate surface area is 120 Å². The normalized spacial score (nSPS) is 38.8. The Kier molecular flexibility index (Phi) is 2.08. The van der Waals surface area contributed by atoms with Crippen molar-refractivity contribution in [2.24, 2.45) is 17.8 Å². The molecule has 1 heterocycles. The van der Waals surface area contributed by atoms with Gasteiger partial charge in [-0.1, -0.05) is 6.07 Å². The first-order valence-electron chi connectivity index (χ1n) is 8.17. The molecule has 2 heteroatoms. The summed E-state index contributed by atoms with van der Waals surface area (Å²) in [6, 6.07) is 6.59. The van der Waals surface area contributed by atoms with Gasteiger partial charge in [0.2, 0.25) is 0 Å². The number of nitrogens with zero attached hydrogens (tertiary/aromatic N) is 1. The zero-order chi connectivity index (χ0) is 13.3. The van der Waals surface area contributed by atoms with Crippen molar-refractivity contribution in [1.82, 2.24) is 9.97 Å². The van der Waals surface area contributed by atoms with Crippen LogP contribution < -0.4 is 0 Å². The van der Waals surface area contributed by atoms with Crippen LogP contribution in [-0.4, -0.2) is 9.97 Å². The Morgan fingerprint density at radius 1 is 1.05 bits per heavy atom. The predicted molar refractivity (Wildman–Crippen MR) is 80.7 cm³/mol. The Bertz CT molecular complexity index is 646. The van der Waals surface area contributed by atoms with E-state index in [2.05, 4.69) is 30.1 Å². The van der Waals surface area contributed by atoms with E-state index < -0.39 is 0 Å². The molecule has 2 nitrogen and oxygen atoms in total. The van der Waals surface area contributed by atoms with Crippen LogP contribution in [0.25, 0.3) is 11.0 Å². The lowest BCUT2D eigenvalue weighted by Crippen LogP contribution is -2.49. The van der Waals surface area contributed by atoms with Crippen LogP contribution in [0.4, 0.5) is 0 Å². The molecule has 0 saturated heterocycles. The van der Waals surface area contributed by atoms with Crippen LogP contribution in [0.3, 0.4) is 0 Å². The van der Waals surface area contributed by atoms with Gasteiger partial charge in [-0.2, -0.15) is 0 Å². The van der Waals surface area contributed by atoms with E-state index in [1.54, 1.807) is 0 Å². The van der Waals surface area contributed by atoms with Crippen molar-refractivity contribution in [2.75, 3.05) is 0 Å². The SMILES string of the molecule is Cc1ccc2nc(C34CC5CC(CC(C5)C3)C4)[nH]c2c1. The summed E-state index contributed by atoms with van der Waals surface area (Å²) in [5.41, 5.74) is 4.09. The van der Waals surface area contributed by atoms with Gasteiger partial charge in [-0.15, -0.1) is 0 Å². The molecule has 0 unspecified atom stereocenters. The van der Waals surface area contributed by atoms with Gasteiger partial charge >= 0.3 is 0 Å². The molecule has 4 bridgehead atoms. The van der Waals surface area contributed by atoms with Crippen LogP contribution in [0.15, 0.2) is 18.2 Å². The molecular weight excluding hydrogens is 244 g/mol.